The lowest BCUT2D eigenvalue weighted by molar-refractivity contribution is 0.167. The van der Waals surface area contributed by atoms with Gasteiger partial charge in [-0.15, -0.1) is 0 Å². The van der Waals surface area contributed by atoms with Crippen molar-refractivity contribution in [2.24, 2.45) is 11.3 Å². The maximum atomic E-state index is 5.16. The lowest BCUT2D eigenvalue weighted by atomic mass is 9.70. The lowest BCUT2D eigenvalue weighted by Crippen LogP contribution is -2.25. The summed E-state index contributed by atoms with van der Waals surface area (Å²) < 4.78 is 0.799. The minimum atomic E-state index is 0.446. The highest BCUT2D eigenvalue weighted by molar-refractivity contribution is 7.71. The fourth-order valence-corrected chi connectivity index (χ4v) is 2.99. The summed E-state index contributed by atoms with van der Waals surface area (Å²) in [6, 6.07) is 1.85. The molecule has 94 valence electrons. The number of aromatic amines is 1. The first kappa shape index (κ1) is 12.7. The van der Waals surface area contributed by atoms with Crippen molar-refractivity contribution >= 4 is 12.2 Å². The Kier molecular flexibility index (Phi) is 3.67. The predicted molar refractivity (Wildman–Crippen MR) is 73.6 cm³/mol. The monoisotopic (exact) mass is 250 g/mol. The molecule has 1 heterocycles. The maximum Gasteiger partial charge on any atom is 0.110 e. The van der Waals surface area contributed by atoms with E-state index in [1.165, 1.54) is 25.7 Å². The molecule has 0 amide bonds. The van der Waals surface area contributed by atoms with E-state index < -0.39 is 0 Å². The average molecular weight is 250 g/mol. The Morgan fingerprint density at radius 1 is 1.24 bits per heavy atom. The number of nitrogens with one attached hydrogen (secondary N) is 1. The lowest BCUT2D eigenvalue weighted by Gasteiger charge is -2.36. The third-order valence-corrected chi connectivity index (χ3v) is 4.27. The van der Waals surface area contributed by atoms with Gasteiger partial charge in [-0.3, -0.25) is 0 Å². The van der Waals surface area contributed by atoms with Crippen LogP contribution in [0.15, 0.2) is 12.3 Å². The third-order valence-electron chi connectivity index (χ3n) is 4.03. The molecule has 0 unspecified atom stereocenters. The van der Waals surface area contributed by atoms with Gasteiger partial charge in [-0.2, -0.15) is 0 Å². The van der Waals surface area contributed by atoms with Gasteiger partial charge >= 0.3 is 0 Å². The summed E-state index contributed by atoms with van der Waals surface area (Å²) in [5, 5.41) is 0. The molecule has 1 aliphatic rings. The van der Waals surface area contributed by atoms with E-state index in [4.69, 9.17) is 12.2 Å². The van der Waals surface area contributed by atoms with Crippen molar-refractivity contribution in [3.05, 3.63) is 22.7 Å². The zero-order valence-electron chi connectivity index (χ0n) is 11.0. The summed E-state index contributed by atoms with van der Waals surface area (Å²) in [6.07, 6.45) is 6.93. The highest BCUT2D eigenvalue weighted by Crippen LogP contribution is 2.42. The van der Waals surface area contributed by atoms with Crippen molar-refractivity contribution < 1.29 is 0 Å². The molecule has 1 aromatic rings. The van der Waals surface area contributed by atoms with Gasteiger partial charge in [0, 0.05) is 12.1 Å². The second kappa shape index (κ2) is 4.89. The smallest absolute Gasteiger partial charge is 0.110 e. The van der Waals surface area contributed by atoms with Crippen LogP contribution in [0.4, 0.5) is 0 Å². The van der Waals surface area contributed by atoms with Crippen LogP contribution >= 0.6 is 12.2 Å². The predicted octanol–water partition coefficient (Wildman–Crippen LogP) is 4.46. The Hall–Kier alpha value is -0.700. The molecule has 1 fully saturated rings. The van der Waals surface area contributed by atoms with Crippen LogP contribution in [0.25, 0.3) is 0 Å². The van der Waals surface area contributed by atoms with E-state index >= 15 is 0 Å². The standard InChI is InChI=1S/C14H22N2S/c1-14(2,3)11-6-4-10(5-7-11)13-15-9-8-12(17)16-13/h8-11H,4-7H2,1-3H3,(H,15,16,17). The molecule has 3 heteroatoms. The summed E-state index contributed by atoms with van der Waals surface area (Å²) >= 11 is 5.16. The fraction of sp³-hybridized carbons (Fsp3) is 0.714. The molecule has 1 aliphatic carbocycles. The number of hydrogen-bond acceptors (Lipinski definition) is 2. The summed E-state index contributed by atoms with van der Waals surface area (Å²) in [4.78, 5) is 7.66. The van der Waals surface area contributed by atoms with Crippen LogP contribution in [0.1, 0.15) is 58.2 Å². The molecule has 0 bridgehead atoms. The SMILES string of the molecule is CC(C)(C)C1CCC(c2nccc(=S)[nH]2)CC1. The zero-order valence-corrected chi connectivity index (χ0v) is 11.8. The molecule has 0 aliphatic heterocycles. The Morgan fingerprint density at radius 2 is 1.88 bits per heavy atom. The number of nitrogens with zero attached hydrogens (tertiary/aromatic N) is 1. The third kappa shape index (κ3) is 3.15. The Bertz CT molecular complexity index is 422. The molecule has 0 saturated heterocycles. The molecule has 1 aromatic heterocycles. The van der Waals surface area contributed by atoms with E-state index in [0.717, 1.165) is 16.4 Å². The van der Waals surface area contributed by atoms with Crippen LogP contribution in [0.2, 0.25) is 0 Å². The van der Waals surface area contributed by atoms with Gasteiger partial charge in [0.05, 0.1) is 0 Å². The number of aromatic nitrogens is 2. The van der Waals surface area contributed by atoms with Crippen LogP contribution in [-0.4, -0.2) is 9.97 Å². The maximum absolute atomic E-state index is 5.16. The first-order valence-electron chi connectivity index (χ1n) is 6.52. The summed E-state index contributed by atoms with van der Waals surface area (Å²) in [6.45, 7) is 7.06. The van der Waals surface area contributed by atoms with E-state index in [1.54, 1.807) is 0 Å². The van der Waals surface area contributed by atoms with Gasteiger partial charge in [-0.1, -0.05) is 33.0 Å². The van der Waals surface area contributed by atoms with Crippen LogP contribution in [-0.2, 0) is 0 Å². The Labute approximate surface area is 109 Å². The molecule has 0 atom stereocenters. The molecular weight excluding hydrogens is 228 g/mol. The quantitative estimate of drug-likeness (QED) is 0.745. The van der Waals surface area contributed by atoms with Crippen molar-refractivity contribution in [1.29, 1.82) is 0 Å². The molecule has 1 N–H and O–H groups in total. The van der Waals surface area contributed by atoms with E-state index in [-0.39, 0.29) is 0 Å². The zero-order chi connectivity index (χ0) is 12.5. The number of H-pyrrole nitrogens is 1. The van der Waals surface area contributed by atoms with Crippen LogP contribution < -0.4 is 0 Å². The van der Waals surface area contributed by atoms with E-state index in [0.29, 0.717) is 11.3 Å². The minimum absolute atomic E-state index is 0.446. The first-order chi connectivity index (χ1) is 7.97. The normalized spacial score (nSPS) is 25.8. The molecule has 1 saturated carbocycles. The highest BCUT2D eigenvalue weighted by atomic mass is 32.1. The minimum Gasteiger partial charge on any atom is -0.335 e. The van der Waals surface area contributed by atoms with Gasteiger partial charge in [0.25, 0.3) is 0 Å². The Morgan fingerprint density at radius 3 is 2.41 bits per heavy atom. The van der Waals surface area contributed by atoms with Crippen molar-refractivity contribution in [3.63, 3.8) is 0 Å². The van der Waals surface area contributed by atoms with Gasteiger partial charge in [0.1, 0.15) is 10.5 Å². The molecule has 17 heavy (non-hydrogen) atoms. The van der Waals surface area contributed by atoms with Gasteiger partial charge in [-0.05, 0) is 43.1 Å². The number of rotatable bonds is 1. The summed E-state index contributed by atoms with van der Waals surface area (Å²) in [5.74, 6) is 2.52. The van der Waals surface area contributed by atoms with Gasteiger partial charge in [0.15, 0.2) is 0 Å². The first-order valence-corrected chi connectivity index (χ1v) is 6.93. The van der Waals surface area contributed by atoms with Crippen LogP contribution in [0.3, 0.4) is 0 Å². The topological polar surface area (TPSA) is 28.7 Å². The van der Waals surface area contributed by atoms with Crippen molar-refractivity contribution in [2.45, 2.75) is 52.4 Å². The second-order valence-electron chi connectivity index (χ2n) is 6.23. The highest BCUT2D eigenvalue weighted by Gasteiger charge is 2.30. The summed E-state index contributed by atoms with van der Waals surface area (Å²) in [5.41, 5.74) is 0.446. The van der Waals surface area contributed by atoms with Crippen LogP contribution in [0.5, 0.6) is 0 Å². The second-order valence-corrected chi connectivity index (χ2v) is 6.67. The number of hydrogen-bond donors (Lipinski definition) is 1. The summed E-state index contributed by atoms with van der Waals surface area (Å²) in [7, 11) is 0. The molecule has 0 radical (unpaired) electrons. The van der Waals surface area contributed by atoms with Crippen molar-refractivity contribution in [3.8, 4) is 0 Å². The van der Waals surface area contributed by atoms with Crippen LogP contribution in [0, 0.1) is 16.0 Å². The van der Waals surface area contributed by atoms with Gasteiger partial charge in [-0.25, -0.2) is 4.98 Å². The fourth-order valence-electron chi connectivity index (χ4n) is 2.83. The van der Waals surface area contributed by atoms with E-state index in [9.17, 15) is 0 Å². The molecule has 2 rings (SSSR count). The van der Waals surface area contributed by atoms with Gasteiger partial charge < -0.3 is 4.98 Å². The molecule has 2 nitrogen and oxygen atoms in total. The molecular formula is C14H22N2S. The Balaban J connectivity index is 2.02. The van der Waals surface area contributed by atoms with Crippen molar-refractivity contribution in [1.82, 2.24) is 9.97 Å². The van der Waals surface area contributed by atoms with Crippen molar-refractivity contribution in [2.75, 3.05) is 0 Å². The molecule has 0 aromatic carbocycles. The largest absolute Gasteiger partial charge is 0.335 e. The molecule has 0 spiro atoms. The average Bonchev–Trinajstić information content (AvgIpc) is 2.28. The van der Waals surface area contributed by atoms with E-state index in [1.807, 2.05) is 12.3 Å². The van der Waals surface area contributed by atoms with Gasteiger partial charge in [0.2, 0.25) is 0 Å². The van der Waals surface area contributed by atoms with E-state index in [2.05, 4.69) is 30.7 Å².